The molecule has 0 saturated heterocycles. The van der Waals surface area contributed by atoms with Crippen molar-refractivity contribution in [1.82, 2.24) is 0 Å². The quantitative estimate of drug-likeness (QED) is 0.880. The summed E-state index contributed by atoms with van der Waals surface area (Å²) in [6.45, 7) is 3.81. The SMILES string of the molecule is Cc1c(Cl)c(C2(CN)CC2)cc2c1OCCO2. The fraction of sp³-hybridized carbons (Fsp3) is 0.538. The van der Waals surface area contributed by atoms with Crippen molar-refractivity contribution in [3.63, 3.8) is 0 Å². The molecule has 92 valence electrons. The third-order valence-corrected chi connectivity index (χ3v) is 4.30. The summed E-state index contributed by atoms with van der Waals surface area (Å²) in [6.07, 6.45) is 2.23. The average molecular weight is 254 g/mol. The second kappa shape index (κ2) is 3.79. The Morgan fingerprint density at radius 1 is 1.35 bits per heavy atom. The van der Waals surface area contributed by atoms with Gasteiger partial charge in [0.1, 0.15) is 13.2 Å². The minimum absolute atomic E-state index is 0.0810. The van der Waals surface area contributed by atoms with E-state index in [4.69, 9.17) is 26.8 Å². The minimum atomic E-state index is 0.0810. The molecule has 0 amide bonds. The third-order valence-electron chi connectivity index (χ3n) is 3.81. The van der Waals surface area contributed by atoms with Gasteiger partial charge in [0.2, 0.25) is 0 Å². The highest BCUT2D eigenvalue weighted by Gasteiger charge is 2.45. The molecular weight excluding hydrogens is 238 g/mol. The first kappa shape index (κ1) is 11.2. The summed E-state index contributed by atoms with van der Waals surface area (Å²) in [5, 5.41) is 0.789. The molecule has 0 bridgehead atoms. The topological polar surface area (TPSA) is 44.5 Å². The molecule has 0 aromatic heterocycles. The van der Waals surface area contributed by atoms with Crippen molar-refractivity contribution in [3.05, 3.63) is 22.2 Å². The van der Waals surface area contributed by atoms with Gasteiger partial charge in [-0.2, -0.15) is 0 Å². The van der Waals surface area contributed by atoms with Crippen LogP contribution in [0.2, 0.25) is 5.02 Å². The van der Waals surface area contributed by atoms with Gasteiger partial charge in [0.25, 0.3) is 0 Å². The molecule has 2 aliphatic rings. The summed E-state index contributed by atoms with van der Waals surface area (Å²) in [4.78, 5) is 0. The van der Waals surface area contributed by atoms with Crippen molar-refractivity contribution in [1.29, 1.82) is 0 Å². The van der Waals surface area contributed by atoms with Crippen LogP contribution in [0, 0.1) is 6.92 Å². The maximum Gasteiger partial charge on any atom is 0.165 e. The largest absolute Gasteiger partial charge is 0.486 e. The van der Waals surface area contributed by atoms with Crippen molar-refractivity contribution in [2.24, 2.45) is 5.73 Å². The highest BCUT2D eigenvalue weighted by Crippen LogP contribution is 2.53. The maximum atomic E-state index is 6.44. The summed E-state index contributed by atoms with van der Waals surface area (Å²) < 4.78 is 11.3. The van der Waals surface area contributed by atoms with Gasteiger partial charge in [0.05, 0.1) is 5.02 Å². The van der Waals surface area contributed by atoms with Gasteiger partial charge in [0.15, 0.2) is 11.5 Å². The minimum Gasteiger partial charge on any atom is -0.486 e. The van der Waals surface area contributed by atoms with Gasteiger partial charge in [-0.15, -0.1) is 0 Å². The van der Waals surface area contributed by atoms with Crippen molar-refractivity contribution in [3.8, 4) is 11.5 Å². The van der Waals surface area contributed by atoms with Crippen LogP contribution in [0.15, 0.2) is 6.07 Å². The lowest BCUT2D eigenvalue weighted by atomic mass is 9.93. The summed E-state index contributed by atoms with van der Waals surface area (Å²) >= 11 is 6.44. The smallest absolute Gasteiger partial charge is 0.165 e. The predicted octanol–water partition coefficient (Wildman–Crippen LogP) is 2.41. The Labute approximate surface area is 106 Å². The predicted molar refractivity (Wildman–Crippen MR) is 67.1 cm³/mol. The number of ether oxygens (including phenoxy) is 2. The van der Waals surface area contributed by atoms with E-state index in [2.05, 4.69) is 0 Å². The van der Waals surface area contributed by atoms with Crippen molar-refractivity contribution >= 4 is 11.6 Å². The van der Waals surface area contributed by atoms with Crippen LogP contribution < -0.4 is 15.2 Å². The Morgan fingerprint density at radius 3 is 2.71 bits per heavy atom. The molecule has 1 aliphatic heterocycles. The van der Waals surface area contributed by atoms with E-state index in [1.807, 2.05) is 13.0 Å². The monoisotopic (exact) mass is 253 g/mol. The van der Waals surface area contributed by atoms with E-state index in [-0.39, 0.29) is 5.41 Å². The van der Waals surface area contributed by atoms with E-state index in [1.54, 1.807) is 0 Å². The van der Waals surface area contributed by atoms with Crippen LogP contribution in [-0.2, 0) is 5.41 Å². The number of rotatable bonds is 2. The highest BCUT2D eigenvalue weighted by atomic mass is 35.5. The zero-order valence-electron chi connectivity index (χ0n) is 9.88. The van der Waals surface area contributed by atoms with Gasteiger partial charge in [-0.3, -0.25) is 0 Å². The van der Waals surface area contributed by atoms with Gasteiger partial charge in [-0.25, -0.2) is 0 Å². The number of fused-ring (bicyclic) bond motifs is 1. The lowest BCUT2D eigenvalue weighted by Crippen LogP contribution is -2.22. The molecule has 0 spiro atoms. The maximum absolute atomic E-state index is 6.44. The van der Waals surface area contributed by atoms with E-state index in [0.29, 0.717) is 19.8 Å². The van der Waals surface area contributed by atoms with Crippen LogP contribution in [-0.4, -0.2) is 19.8 Å². The number of nitrogens with two attached hydrogens (primary N) is 1. The fourth-order valence-corrected chi connectivity index (χ4v) is 2.79. The molecule has 1 aliphatic carbocycles. The molecule has 1 saturated carbocycles. The Kier molecular flexibility index (Phi) is 2.49. The molecule has 4 heteroatoms. The summed E-state index contributed by atoms with van der Waals surface area (Å²) in [5.41, 5.74) is 8.05. The molecule has 17 heavy (non-hydrogen) atoms. The van der Waals surface area contributed by atoms with Crippen molar-refractivity contribution in [2.45, 2.75) is 25.2 Å². The summed E-state index contributed by atoms with van der Waals surface area (Å²) in [7, 11) is 0. The fourth-order valence-electron chi connectivity index (χ4n) is 2.45. The molecule has 0 radical (unpaired) electrons. The molecule has 3 nitrogen and oxygen atoms in total. The van der Waals surface area contributed by atoms with Gasteiger partial charge in [0, 0.05) is 17.5 Å². The van der Waals surface area contributed by atoms with E-state index in [0.717, 1.165) is 40.5 Å². The van der Waals surface area contributed by atoms with Crippen LogP contribution in [0.25, 0.3) is 0 Å². The van der Waals surface area contributed by atoms with Gasteiger partial charge < -0.3 is 15.2 Å². The van der Waals surface area contributed by atoms with Crippen LogP contribution in [0.5, 0.6) is 11.5 Å². The first-order valence-electron chi connectivity index (χ1n) is 5.97. The van der Waals surface area contributed by atoms with E-state index < -0.39 is 0 Å². The van der Waals surface area contributed by atoms with Crippen molar-refractivity contribution < 1.29 is 9.47 Å². The van der Waals surface area contributed by atoms with E-state index >= 15 is 0 Å². The molecule has 1 fully saturated rings. The molecule has 2 N–H and O–H groups in total. The number of halogens is 1. The highest BCUT2D eigenvalue weighted by molar-refractivity contribution is 6.32. The Hall–Kier alpha value is -0.930. The lowest BCUT2D eigenvalue weighted by Gasteiger charge is -2.24. The Balaban J connectivity index is 2.14. The van der Waals surface area contributed by atoms with Gasteiger partial charge in [-0.05, 0) is 31.4 Å². The second-order valence-electron chi connectivity index (χ2n) is 4.87. The third kappa shape index (κ3) is 1.60. The summed E-state index contributed by atoms with van der Waals surface area (Å²) in [5.74, 6) is 1.60. The number of benzene rings is 1. The first-order chi connectivity index (χ1) is 8.18. The van der Waals surface area contributed by atoms with Crippen LogP contribution in [0.3, 0.4) is 0 Å². The molecule has 0 unspecified atom stereocenters. The van der Waals surface area contributed by atoms with E-state index in [9.17, 15) is 0 Å². The molecule has 1 aromatic carbocycles. The molecule has 1 heterocycles. The Morgan fingerprint density at radius 2 is 2.06 bits per heavy atom. The Bertz CT molecular complexity index is 469. The zero-order valence-corrected chi connectivity index (χ0v) is 10.6. The van der Waals surface area contributed by atoms with Crippen LogP contribution in [0.1, 0.15) is 24.0 Å². The summed E-state index contributed by atoms with van der Waals surface area (Å²) in [6, 6.07) is 2.02. The van der Waals surface area contributed by atoms with Gasteiger partial charge in [-0.1, -0.05) is 11.6 Å². The zero-order chi connectivity index (χ0) is 12.0. The van der Waals surface area contributed by atoms with Crippen molar-refractivity contribution in [2.75, 3.05) is 19.8 Å². The average Bonchev–Trinajstić information content (AvgIpc) is 3.15. The number of hydrogen-bond donors (Lipinski definition) is 1. The normalized spacial score (nSPS) is 20.2. The molecular formula is C13H16ClNO2. The first-order valence-corrected chi connectivity index (χ1v) is 6.35. The lowest BCUT2D eigenvalue weighted by molar-refractivity contribution is 0.170. The standard InChI is InChI=1S/C13H16ClNO2/c1-8-11(14)9(13(7-15)2-3-13)6-10-12(8)17-5-4-16-10/h6H,2-5,7,15H2,1H3. The second-order valence-corrected chi connectivity index (χ2v) is 5.25. The van der Waals surface area contributed by atoms with Crippen LogP contribution in [0.4, 0.5) is 0 Å². The number of hydrogen-bond acceptors (Lipinski definition) is 3. The molecule has 1 aromatic rings. The van der Waals surface area contributed by atoms with E-state index in [1.165, 1.54) is 0 Å². The molecule has 3 rings (SSSR count). The molecule has 0 atom stereocenters. The van der Waals surface area contributed by atoms with Gasteiger partial charge >= 0.3 is 0 Å². The van der Waals surface area contributed by atoms with Crippen LogP contribution >= 0.6 is 11.6 Å².